The Morgan fingerprint density at radius 1 is 0.893 bits per heavy atom. The molecule has 2 aromatic heterocycles. The molecule has 0 bridgehead atoms. The second-order valence-corrected chi connectivity index (χ2v) is 7.44. The Kier molecular flexibility index (Phi) is 5.31. The van der Waals surface area contributed by atoms with Gasteiger partial charge in [-0.2, -0.15) is 0 Å². The van der Waals surface area contributed by atoms with E-state index >= 15 is 0 Å². The maximum absolute atomic E-state index is 12.5. The van der Waals surface area contributed by atoms with Gasteiger partial charge in [0.25, 0.3) is 5.89 Å². The third kappa shape index (κ3) is 3.73. The van der Waals surface area contributed by atoms with Gasteiger partial charge < -0.3 is 10.2 Å². The summed E-state index contributed by atoms with van der Waals surface area (Å²) >= 11 is 0. The van der Waals surface area contributed by atoms with Crippen LogP contribution >= 0.6 is 0 Å². The third-order valence-electron chi connectivity index (χ3n) is 4.01. The van der Waals surface area contributed by atoms with Crippen molar-refractivity contribution in [2.24, 2.45) is 5.73 Å². The lowest BCUT2D eigenvalue weighted by molar-refractivity contribution is 0.582. The molecule has 0 spiro atoms. The number of aromatic nitrogens is 4. The molecule has 2 N–H and O–H groups in total. The van der Waals surface area contributed by atoms with Crippen LogP contribution in [0, 0.1) is 0 Å². The van der Waals surface area contributed by atoms with Crippen LogP contribution in [0.4, 0.5) is 0 Å². The van der Waals surface area contributed by atoms with E-state index < -0.39 is 10.8 Å². The van der Waals surface area contributed by atoms with Gasteiger partial charge in [-0.15, -0.1) is 10.2 Å². The van der Waals surface area contributed by atoms with Crippen molar-refractivity contribution in [1.29, 1.82) is 0 Å². The van der Waals surface area contributed by atoms with Gasteiger partial charge in [0, 0.05) is 28.3 Å². The highest BCUT2D eigenvalue weighted by Gasteiger charge is 2.16. The van der Waals surface area contributed by atoms with E-state index in [4.69, 9.17) is 10.2 Å². The van der Waals surface area contributed by atoms with E-state index in [0.29, 0.717) is 34.5 Å². The normalized spacial score (nSPS) is 12.0. The summed E-state index contributed by atoms with van der Waals surface area (Å²) in [6.07, 6.45) is 3.18. The van der Waals surface area contributed by atoms with Crippen molar-refractivity contribution in [3.63, 3.8) is 0 Å². The Labute approximate surface area is 164 Å². The first-order valence-corrected chi connectivity index (χ1v) is 9.97. The minimum absolute atomic E-state index is 0.272. The van der Waals surface area contributed by atoms with Crippen LogP contribution < -0.4 is 5.73 Å². The molecule has 0 aliphatic carbocycles. The van der Waals surface area contributed by atoms with Crippen molar-refractivity contribution >= 4 is 10.8 Å². The van der Waals surface area contributed by atoms with E-state index in [1.165, 1.54) is 0 Å². The van der Waals surface area contributed by atoms with Crippen LogP contribution in [0.2, 0.25) is 0 Å². The first-order valence-electron chi connectivity index (χ1n) is 8.65. The molecule has 1 atom stereocenters. The molecule has 0 amide bonds. The molecule has 7 nitrogen and oxygen atoms in total. The number of nitrogens with two attached hydrogens (primary N) is 1. The van der Waals surface area contributed by atoms with Crippen LogP contribution in [-0.2, 0) is 10.8 Å². The quantitative estimate of drug-likeness (QED) is 0.538. The molecule has 2 aromatic carbocycles. The second-order valence-electron chi connectivity index (χ2n) is 5.90. The SMILES string of the molecule is NCCS(=O)c1ccccc1-c1cncc(-c2nnc(-c3ccccc3)o2)n1. The van der Waals surface area contributed by atoms with Crippen molar-refractivity contribution < 1.29 is 8.63 Å². The summed E-state index contributed by atoms with van der Waals surface area (Å²) < 4.78 is 18.3. The van der Waals surface area contributed by atoms with E-state index in [2.05, 4.69) is 20.2 Å². The number of hydrogen-bond donors (Lipinski definition) is 1. The Bertz CT molecular complexity index is 1110. The summed E-state index contributed by atoms with van der Waals surface area (Å²) in [5, 5.41) is 8.18. The van der Waals surface area contributed by atoms with Gasteiger partial charge in [0.15, 0.2) is 0 Å². The highest BCUT2D eigenvalue weighted by Crippen LogP contribution is 2.27. The zero-order valence-corrected chi connectivity index (χ0v) is 15.7. The first kappa shape index (κ1) is 18.1. The summed E-state index contributed by atoms with van der Waals surface area (Å²) in [5.74, 6) is 1.06. The molecule has 1 unspecified atom stereocenters. The van der Waals surface area contributed by atoms with E-state index in [1.54, 1.807) is 12.4 Å². The zero-order valence-electron chi connectivity index (χ0n) is 14.9. The highest BCUT2D eigenvalue weighted by atomic mass is 32.2. The predicted molar refractivity (Wildman–Crippen MR) is 107 cm³/mol. The van der Waals surface area contributed by atoms with E-state index in [-0.39, 0.29) is 5.89 Å². The largest absolute Gasteiger partial charge is 0.415 e. The van der Waals surface area contributed by atoms with Crippen LogP contribution in [0.15, 0.2) is 76.3 Å². The van der Waals surface area contributed by atoms with Gasteiger partial charge in [0.05, 0.1) is 28.9 Å². The smallest absolute Gasteiger partial charge is 0.268 e. The van der Waals surface area contributed by atoms with E-state index in [1.807, 2.05) is 54.6 Å². The molecule has 140 valence electrons. The summed E-state index contributed by atoms with van der Waals surface area (Å²) in [6, 6.07) is 16.9. The maximum Gasteiger partial charge on any atom is 0.268 e. The average Bonchev–Trinajstić information content (AvgIpc) is 3.25. The summed E-state index contributed by atoms with van der Waals surface area (Å²) in [5.41, 5.74) is 8.16. The Balaban J connectivity index is 1.70. The van der Waals surface area contributed by atoms with Gasteiger partial charge in [0.1, 0.15) is 5.69 Å². The highest BCUT2D eigenvalue weighted by molar-refractivity contribution is 7.85. The summed E-state index contributed by atoms with van der Waals surface area (Å²) in [4.78, 5) is 9.53. The molecule has 4 aromatic rings. The molecule has 0 aliphatic rings. The van der Waals surface area contributed by atoms with Gasteiger partial charge in [-0.3, -0.25) is 9.19 Å². The molecule has 2 heterocycles. The number of benzene rings is 2. The molecule has 0 aliphatic heterocycles. The topological polar surface area (TPSA) is 108 Å². The first-order chi connectivity index (χ1) is 13.8. The molecular formula is C20H17N5O2S. The molecule has 8 heteroatoms. The lowest BCUT2D eigenvalue weighted by Crippen LogP contribution is -2.11. The van der Waals surface area contributed by atoms with Gasteiger partial charge in [-0.05, 0) is 18.2 Å². The minimum atomic E-state index is -1.21. The molecule has 0 fully saturated rings. The summed E-state index contributed by atoms with van der Waals surface area (Å²) in [7, 11) is -1.21. The van der Waals surface area contributed by atoms with Gasteiger partial charge >= 0.3 is 0 Å². The number of hydrogen-bond acceptors (Lipinski definition) is 7. The molecule has 28 heavy (non-hydrogen) atoms. The number of nitrogens with zero attached hydrogens (tertiary/aromatic N) is 4. The van der Waals surface area contributed by atoms with Crippen molar-refractivity contribution in [3.05, 3.63) is 67.0 Å². The van der Waals surface area contributed by atoms with E-state index in [0.717, 1.165) is 11.1 Å². The van der Waals surface area contributed by atoms with Gasteiger partial charge in [-0.25, -0.2) is 4.98 Å². The minimum Gasteiger partial charge on any atom is -0.415 e. The Hall–Kier alpha value is -3.23. The lowest BCUT2D eigenvalue weighted by Gasteiger charge is -2.08. The van der Waals surface area contributed by atoms with Crippen LogP contribution in [0.25, 0.3) is 34.3 Å². The molecular weight excluding hydrogens is 374 g/mol. The lowest BCUT2D eigenvalue weighted by atomic mass is 10.1. The Morgan fingerprint density at radius 3 is 2.43 bits per heavy atom. The fourth-order valence-electron chi connectivity index (χ4n) is 2.72. The second kappa shape index (κ2) is 8.20. The van der Waals surface area contributed by atoms with E-state index in [9.17, 15) is 4.21 Å². The van der Waals surface area contributed by atoms with Crippen LogP contribution in [0.3, 0.4) is 0 Å². The van der Waals surface area contributed by atoms with Gasteiger partial charge in [0.2, 0.25) is 5.89 Å². The molecule has 0 saturated heterocycles. The summed E-state index contributed by atoms with van der Waals surface area (Å²) in [6.45, 7) is 0.344. The third-order valence-corrected chi connectivity index (χ3v) is 5.46. The van der Waals surface area contributed by atoms with Crippen LogP contribution in [-0.4, -0.2) is 36.7 Å². The fourth-order valence-corrected chi connectivity index (χ4v) is 3.80. The standard InChI is InChI=1S/C20H17N5O2S/c21-10-11-28(26)18-9-5-4-8-15(18)16-12-22-13-17(23-16)20-25-24-19(27-20)14-6-2-1-3-7-14/h1-9,12-13H,10-11,21H2. The number of rotatable bonds is 6. The van der Waals surface area contributed by atoms with Crippen molar-refractivity contribution in [2.45, 2.75) is 4.90 Å². The monoisotopic (exact) mass is 391 g/mol. The van der Waals surface area contributed by atoms with Crippen molar-refractivity contribution in [3.8, 4) is 34.3 Å². The van der Waals surface area contributed by atoms with Crippen molar-refractivity contribution in [1.82, 2.24) is 20.2 Å². The molecule has 0 radical (unpaired) electrons. The Morgan fingerprint density at radius 2 is 1.61 bits per heavy atom. The van der Waals surface area contributed by atoms with Crippen molar-refractivity contribution in [2.75, 3.05) is 12.3 Å². The van der Waals surface area contributed by atoms with Crippen LogP contribution in [0.1, 0.15) is 0 Å². The molecule has 0 saturated carbocycles. The zero-order chi connectivity index (χ0) is 19.3. The van der Waals surface area contributed by atoms with Gasteiger partial charge in [-0.1, -0.05) is 36.4 Å². The predicted octanol–water partition coefficient (Wildman–Crippen LogP) is 2.93. The van der Waals surface area contributed by atoms with Crippen LogP contribution in [0.5, 0.6) is 0 Å². The maximum atomic E-state index is 12.5. The molecule has 4 rings (SSSR count). The average molecular weight is 391 g/mol. The fraction of sp³-hybridized carbons (Fsp3) is 0.100.